The van der Waals surface area contributed by atoms with E-state index in [4.69, 9.17) is 10.8 Å². The molecule has 0 aliphatic carbocycles. The van der Waals surface area contributed by atoms with Gasteiger partial charge in [0.1, 0.15) is 0 Å². The van der Waals surface area contributed by atoms with Crippen LogP contribution in [0.2, 0.25) is 0 Å². The predicted octanol–water partition coefficient (Wildman–Crippen LogP) is 1.92. The number of hydrogen-bond donors (Lipinski definition) is 2. The number of aryl methyl sites for hydroxylation is 2. The molecule has 1 aromatic heterocycles. The maximum Gasteiger partial charge on any atom is 0.336 e. The Bertz CT molecular complexity index is 585. The van der Waals surface area contributed by atoms with Crippen molar-refractivity contribution in [2.45, 2.75) is 20.4 Å². The van der Waals surface area contributed by atoms with E-state index in [0.717, 1.165) is 22.0 Å². The Labute approximate surface area is 99.7 Å². The van der Waals surface area contributed by atoms with E-state index >= 15 is 0 Å². The number of benzene rings is 1. The van der Waals surface area contributed by atoms with Gasteiger partial charge in [-0.05, 0) is 37.1 Å². The molecule has 90 valence electrons. The SMILES string of the molecule is Cc1cc2c(C)cn(CCN)c2cc1C(=O)O. The zero-order valence-corrected chi connectivity index (χ0v) is 10.0. The first kappa shape index (κ1) is 11.7. The normalized spacial score (nSPS) is 11.0. The molecule has 0 atom stereocenters. The molecule has 0 saturated carbocycles. The third-order valence-electron chi connectivity index (χ3n) is 3.03. The Hall–Kier alpha value is -1.81. The molecular formula is C13H16N2O2. The molecule has 0 aliphatic heterocycles. The van der Waals surface area contributed by atoms with Crippen molar-refractivity contribution in [3.63, 3.8) is 0 Å². The van der Waals surface area contributed by atoms with E-state index in [1.54, 1.807) is 6.07 Å². The van der Waals surface area contributed by atoms with Gasteiger partial charge in [0.25, 0.3) is 0 Å². The van der Waals surface area contributed by atoms with Gasteiger partial charge in [0, 0.05) is 30.2 Å². The Morgan fingerprint density at radius 2 is 2.06 bits per heavy atom. The highest BCUT2D eigenvalue weighted by molar-refractivity contribution is 5.96. The molecule has 0 radical (unpaired) electrons. The van der Waals surface area contributed by atoms with Crippen LogP contribution in [-0.2, 0) is 6.54 Å². The van der Waals surface area contributed by atoms with Gasteiger partial charge in [-0.15, -0.1) is 0 Å². The number of aromatic carboxylic acids is 1. The number of hydrogen-bond acceptors (Lipinski definition) is 2. The lowest BCUT2D eigenvalue weighted by Crippen LogP contribution is -2.09. The first-order valence-electron chi connectivity index (χ1n) is 5.58. The molecule has 1 heterocycles. The van der Waals surface area contributed by atoms with Crippen LogP contribution in [-0.4, -0.2) is 22.2 Å². The van der Waals surface area contributed by atoms with Gasteiger partial charge in [0.2, 0.25) is 0 Å². The molecule has 2 rings (SSSR count). The highest BCUT2D eigenvalue weighted by Crippen LogP contribution is 2.24. The predicted molar refractivity (Wildman–Crippen MR) is 67.4 cm³/mol. The van der Waals surface area contributed by atoms with Crippen LogP contribution in [0.1, 0.15) is 21.5 Å². The number of carbonyl (C=O) groups is 1. The Morgan fingerprint density at radius 1 is 1.35 bits per heavy atom. The maximum atomic E-state index is 11.1. The average Bonchev–Trinajstić information content (AvgIpc) is 2.55. The number of carboxylic acids is 1. The molecule has 17 heavy (non-hydrogen) atoms. The highest BCUT2D eigenvalue weighted by Gasteiger charge is 2.12. The molecule has 0 bridgehead atoms. The second-order valence-electron chi connectivity index (χ2n) is 4.28. The van der Waals surface area contributed by atoms with Gasteiger partial charge in [0.05, 0.1) is 5.56 Å². The van der Waals surface area contributed by atoms with Crippen molar-refractivity contribution in [3.8, 4) is 0 Å². The number of nitrogens with zero attached hydrogens (tertiary/aromatic N) is 1. The van der Waals surface area contributed by atoms with Crippen molar-refractivity contribution in [1.29, 1.82) is 0 Å². The smallest absolute Gasteiger partial charge is 0.336 e. The van der Waals surface area contributed by atoms with Gasteiger partial charge < -0.3 is 15.4 Å². The lowest BCUT2D eigenvalue weighted by molar-refractivity contribution is 0.0696. The van der Waals surface area contributed by atoms with Crippen LogP contribution in [0.3, 0.4) is 0 Å². The molecule has 4 nitrogen and oxygen atoms in total. The second kappa shape index (κ2) is 4.22. The average molecular weight is 232 g/mol. The first-order chi connectivity index (χ1) is 8.04. The fraction of sp³-hybridized carbons (Fsp3) is 0.308. The molecule has 0 saturated heterocycles. The molecular weight excluding hydrogens is 216 g/mol. The molecule has 4 heteroatoms. The van der Waals surface area contributed by atoms with Crippen molar-refractivity contribution in [3.05, 3.63) is 35.0 Å². The monoisotopic (exact) mass is 232 g/mol. The van der Waals surface area contributed by atoms with Gasteiger partial charge in [-0.2, -0.15) is 0 Å². The van der Waals surface area contributed by atoms with Crippen molar-refractivity contribution >= 4 is 16.9 Å². The summed E-state index contributed by atoms with van der Waals surface area (Å²) in [4.78, 5) is 11.1. The molecule has 0 fully saturated rings. The van der Waals surface area contributed by atoms with E-state index in [9.17, 15) is 4.79 Å². The van der Waals surface area contributed by atoms with Crippen LogP contribution < -0.4 is 5.73 Å². The van der Waals surface area contributed by atoms with Gasteiger partial charge in [-0.3, -0.25) is 0 Å². The van der Waals surface area contributed by atoms with E-state index in [1.807, 2.05) is 30.7 Å². The van der Waals surface area contributed by atoms with Gasteiger partial charge >= 0.3 is 5.97 Å². The summed E-state index contributed by atoms with van der Waals surface area (Å²) >= 11 is 0. The van der Waals surface area contributed by atoms with E-state index in [0.29, 0.717) is 18.7 Å². The summed E-state index contributed by atoms with van der Waals surface area (Å²) in [5.41, 5.74) is 8.78. The van der Waals surface area contributed by atoms with Crippen molar-refractivity contribution in [2.24, 2.45) is 5.73 Å². The first-order valence-corrected chi connectivity index (χ1v) is 5.58. The third kappa shape index (κ3) is 1.91. The quantitative estimate of drug-likeness (QED) is 0.849. The standard InChI is InChI=1S/C13H16N2O2/c1-8-5-10-9(2)7-15(4-3-14)12(10)6-11(8)13(16)17/h5-7H,3-4,14H2,1-2H3,(H,16,17). The summed E-state index contributed by atoms with van der Waals surface area (Å²) in [6.45, 7) is 5.09. The van der Waals surface area contributed by atoms with Crippen molar-refractivity contribution < 1.29 is 9.90 Å². The van der Waals surface area contributed by atoms with Crippen LogP contribution in [0.5, 0.6) is 0 Å². The lowest BCUT2D eigenvalue weighted by Gasteiger charge is -2.05. The Balaban J connectivity index is 2.72. The fourth-order valence-corrected chi connectivity index (χ4v) is 2.18. The largest absolute Gasteiger partial charge is 0.478 e. The molecule has 2 aromatic rings. The summed E-state index contributed by atoms with van der Waals surface area (Å²) in [7, 11) is 0. The van der Waals surface area contributed by atoms with Crippen LogP contribution in [0.4, 0.5) is 0 Å². The van der Waals surface area contributed by atoms with E-state index in [1.165, 1.54) is 0 Å². The third-order valence-corrected chi connectivity index (χ3v) is 3.03. The van der Waals surface area contributed by atoms with Gasteiger partial charge in [-0.1, -0.05) is 0 Å². The molecule has 1 aromatic carbocycles. The highest BCUT2D eigenvalue weighted by atomic mass is 16.4. The van der Waals surface area contributed by atoms with E-state index in [-0.39, 0.29) is 0 Å². The number of nitrogens with two attached hydrogens (primary N) is 1. The number of carboxylic acid groups (broad SMARTS) is 1. The summed E-state index contributed by atoms with van der Waals surface area (Å²) in [5, 5.41) is 10.2. The van der Waals surface area contributed by atoms with E-state index in [2.05, 4.69) is 0 Å². The molecule has 0 aliphatic rings. The second-order valence-corrected chi connectivity index (χ2v) is 4.28. The Kier molecular flexibility index (Phi) is 2.90. The maximum absolute atomic E-state index is 11.1. The number of fused-ring (bicyclic) bond motifs is 1. The Morgan fingerprint density at radius 3 is 2.65 bits per heavy atom. The van der Waals surface area contributed by atoms with Crippen molar-refractivity contribution in [1.82, 2.24) is 4.57 Å². The number of rotatable bonds is 3. The molecule has 3 N–H and O–H groups in total. The van der Waals surface area contributed by atoms with Crippen LogP contribution in [0, 0.1) is 13.8 Å². The van der Waals surface area contributed by atoms with Crippen LogP contribution in [0.25, 0.3) is 10.9 Å². The van der Waals surface area contributed by atoms with Gasteiger partial charge in [-0.25, -0.2) is 4.79 Å². The number of aromatic nitrogens is 1. The molecule has 0 amide bonds. The lowest BCUT2D eigenvalue weighted by atomic mass is 10.0. The molecule has 0 spiro atoms. The minimum atomic E-state index is -0.887. The summed E-state index contributed by atoms with van der Waals surface area (Å²) < 4.78 is 2.01. The zero-order chi connectivity index (χ0) is 12.6. The van der Waals surface area contributed by atoms with Gasteiger partial charge in [0.15, 0.2) is 0 Å². The fourth-order valence-electron chi connectivity index (χ4n) is 2.18. The van der Waals surface area contributed by atoms with E-state index < -0.39 is 5.97 Å². The minimum absolute atomic E-state index is 0.355. The zero-order valence-electron chi connectivity index (χ0n) is 10.0. The van der Waals surface area contributed by atoms with Crippen LogP contribution in [0.15, 0.2) is 18.3 Å². The summed E-state index contributed by atoms with van der Waals surface area (Å²) in [6.07, 6.45) is 2.02. The molecule has 0 unspecified atom stereocenters. The topological polar surface area (TPSA) is 68.2 Å². The summed E-state index contributed by atoms with van der Waals surface area (Å²) in [6, 6.07) is 3.66. The summed E-state index contributed by atoms with van der Waals surface area (Å²) in [5.74, 6) is -0.887. The van der Waals surface area contributed by atoms with Crippen LogP contribution >= 0.6 is 0 Å². The van der Waals surface area contributed by atoms with Crippen molar-refractivity contribution in [2.75, 3.05) is 6.54 Å². The minimum Gasteiger partial charge on any atom is -0.478 e.